The lowest BCUT2D eigenvalue weighted by Crippen LogP contribution is -2.28. The predicted molar refractivity (Wildman–Crippen MR) is 100.0 cm³/mol. The number of ether oxygens (including phenoxy) is 1. The molecule has 134 valence electrons. The number of benzene rings is 2. The standard InChI is InChI=1S/C18H22N2O4S/c1-5-25(22,23)20(3)15-8-6-7-14(12-15)18(21)19-16-11-13(2)9-10-17(16)24-4/h6-12H,5H2,1-4H3,(H,19,21). The van der Waals surface area contributed by atoms with Crippen LogP contribution in [0.5, 0.6) is 5.75 Å². The van der Waals surface area contributed by atoms with E-state index in [1.165, 1.54) is 18.5 Å². The van der Waals surface area contributed by atoms with Crippen molar-refractivity contribution in [2.75, 3.05) is 29.5 Å². The topological polar surface area (TPSA) is 75.7 Å². The van der Waals surface area contributed by atoms with Gasteiger partial charge in [-0.3, -0.25) is 9.10 Å². The first kappa shape index (κ1) is 18.8. The molecule has 1 amide bonds. The molecule has 0 bridgehead atoms. The SMILES string of the molecule is CCS(=O)(=O)N(C)c1cccc(C(=O)Nc2cc(C)ccc2OC)c1. The van der Waals surface area contributed by atoms with Crippen LogP contribution in [0.4, 0.5) is 11.4 Å². The molecule has 6 nitrogen and oxygen atoms in total. The van der Waals surface area contributed by atoms with Gasteiger partial charge in [0.2, 0.25) is 10.0 Å². The van der Waals surface area contributed by atoms with Gasteiger partial charge in [-0.05, 0) is 49.7 Å². The van der Waals surface area contributed by atoms with Crippen molar-refractivity contribution in [1.82, 2.24) is 0 Å². The highest BCUT2D eigenvalue weighted by Gasteiger charge is 2.17. The zero-order valence-corrected chi connectivity index (χ0v) is 15.6. The fourth-order valence-electron chi connectivity index (χ4n) is 2.31. The van der Waals surface area contributed by atoms with E-state index in [0.29, 0.717) is 22.7 Å². The van der Waals surface area contributed by atoms with E-state index in [4.69, 9.17) is 4.74 Å². The zero-order valence-electron chi connectivity index (χ0n) is 14.7. The summed E-state index contributed by atoms with van der Waals surface area (Å²) in [4.78, 5) is 12.6. The molecular weight excluding hydrogens is 340 g/mol. The Kier molecular flexibility index (Phi) is 5.69. The molecule has 0 saturated carbocycles. The Hall–Kier alpha value is -2.54. The number of hydrogen-bond acceptors (Lipinski definition) is 4. The molecule has 2 aromatic rings. The smallest absolute Gasteiger partial charge is 0.255 e. The maximum absolute atomic E-state index is 12.6. The van der Waals surface area contributed by atoms with Gasteiger partial charge in [0.15, 0.2) is 0 Å². The fourth-order valence-corrected chi connectivity index (χ4v) is 3.13. The molecule has 0 fully saturated rings. The molecule has 7 heteroatoms. The van der Waals surface area contributed by atoms with E-state index in [9.17, 15) is 13.2 Å². The molecule has 0 aliphatic rings. The lowest BCUT2D eigenvalue weighted by atomic mass is 10.1. The minimum atomic E-state index is -3.39. The number of sulfonamides is 1. The van der Waals surface area contributed by atoms with Gasteiger partial charge < -0.3 is 10.1 Å². The normalized spacial score (nSPS) is 11.0. The van der Waals surface area contributed by atoms with Crippen molar-refractivity contribution in [2.45, 2.75) is 13.8 Å². The largest absolute Gasteiger partial charge is 0.495 e. The van der Waals surface area contributed by atoms with E-state index in [1.54, 1.807) is 37.3 Å². The van der Waals surface area contributed by atoms with E-state index < -0.39 is 10.0 Å². The Labute approximate surface area is 148 Å². The maximum Gasteiger partial charge on any atom is 0.255 e. The van der Waals surface area contributed by atoms with Crippen LogP contribution >= 0.6 is 0 Å². The van der Waals surface area contributed by atoms with Crippen LogP contribution < -0.4 is 14.4 Å². The summed E-state index contributed by atoms with van der Waals surface area (Å²) in [6, 6.07) is 12.0. The van der Waals surface area contributed by atoms with E-state index in [1.807, 2.05) is 19.1 Å². The number of carbonyl (C=O) groups is 1. The number of carbonyl (C=O) groups excluding carboxylic acids is 1. The van der Waals surface area contributed by atoms with Crippen molar-refractivity contribution in [3.63, 3.8) is 0 Å². The summed E-state index contributed by atoms with van der Waals surface area (Å²) >= 11 is 0. The van der Waals surface area contributed by atoms with E-state index in [2.05, 4.69) is 5.32 Å². The number of rotatable bonds is 6. The van der Waals surface area contributed by atoms with E-state index in [-0.39, 0.29) is 11.7 Å². The first-order valence-corrected chi connectivity index (χ1v) is 9.42. The van der Waals surface area contributed by atoms with Crippen molar-refractivity contribution in [3.8, 4) is 5.75 Å². The monoisotopic (exact) mass is 362 g/mol. The molecule has 0 aliphatic heterocycles. The summed E-state index contributed by atoms with van der Waals surface area (Å²) in [5, 5.41) is 2.81. The third-order valence-electron chi connectivity index (χ3n) is 3.86. The molecule has 2 rings (SSSR count). The average molecular weight is 362 g/mol. The first-order chi connectivity index (χ1) is 11.8. The van der Waals surface area contributed by atoms with Crippen molar-refractivity contribution < 1.29 is 17.9 Å². The van der Waals surface area contributed by atoms with Gasteiger partial charge in [-0.1, -0.05) is 12.1 Å². The van der Waals surface area contributed by atoms with Gasteiger partial charge in [0.1, 0.15) is 5.75 Å². The summed E-state index contributed by atoms with van der Waals surface area (Å²) in [5.41, 5.74) is 2.34. The fraction of sp³-hybridized carbons (Fsp3) is 0.278. The van der Waals surface area contributed by atoms with Crippen LogP contribution in [0.1, 0.15) is 22.8 Å². The number of aryl methyl sites for hydroxylation is 1. The minimum Gasteiger partial charge on any atom is -0.495 e. The molecule has 0 aliphatic carbocycles. The summed E-state index contributed by atoms with van der Waals surface area (Å²) in [7, 11) is -0.382. The highest BCUT2D eigenvalue weighted by Crippen LogP contribution is 2.26. The number of hydrogen-bond donors (Lipinski definition) is 1. The number of nitrogens with zero attached hydrogens (tertiary/aromatic N) is 1. The van der Waals surface area contributed by atoms with Gasteiger partial charge in [0.05, 0.1) is 24.2 Å². The maximum atomic E-state index is 12.6. The second-order valence-electron chi connectivity index (χ2n) is 5.58. The quantitative estimate of drug-likeness (QED) is 0.857. The summed E-state index contributed by atoms with van der Waals surface area (Å²) in [6.07, 6.45) is 0. The Morgan fingerprint density at radius 3 is 2.56 bits per heavy atom. The molecule has 1 N–H and O–H groups in total. The molecule has 25 heavy (non-hydrogen) atoms. The zero-order chi connectivity index (χ0) is 18.6. The second kappa shape index (κ2) is 7.57. The Morgan fingerprint density at radius 1 is 1.20 bits per heavy atom. The highest BCUT2D eigenvalue weighted by molar-refractivity contribution is 7.92. The lowest BCUT2D eigenvalue weighted by molar-refractivity contribution is 0.102. The van der Waals surface area contributed by atoms with Crippen LogP contribution in [0.15, 0.2) is 42.5 Å². The molecule has 0 aromatic heterocycles. The van der Waals surface area contributed by atoms with Crippen LogP contribution in [0.25, 0.3) is 0 Å². The van der Waals surface area contributed by atoms with E-state index in [0.717, 1.165) is 5.56 Å². The Balaban J connectivity index is 2.29. The summed E-state index contributed by atoms with van der Waals surface area (Å²) in [6.45, 7) is 3.49. The summed E-state index contributed by atoms with van der Waals surface area (Å²) in [5.74, 6) is 0.203. The van der Waals surface area contributed by atoms with Crippen molar-refractivity contribution in [3.05, 3.63) is 53.6 Å². The number of methoxy groups -OCH3 is 1. The van der Waals surface area contributed by atoms with Crippen molar-refractivity contribution >= 4 is 27.3 Å². The number of nitrogens with one attached hydrogen (secondary N) is 1. The van der Waals surface area contributed by atoms with Gasteiger partial charge >= 0.3 is 0 Å². The van der Waals surface area contributed by atoms with E-state index >= 15 is 0 Å². The Morgan fingerprint density at radius 2 is 1.92 bits per heavy atom. The molecule has 0 spiro atoms. The average Bonchev–Trinajstić information content (AvgIpc) is 2.61. The molecular formula is C18H22N2O4S. The van der Waals surface area contributed by atoms with Gasteiger partial charge in [-0.25, -0.2) is 8.42 Å². The molecule has 0 saturated heterocycles. The van der Waals surface area contributed by atoms with Crippen molar-refractivity contribution in [2.24, 2.45) is 0 Å². The molecule has 0 radical (unpaired) electrons. The van der Waals surface area contributed by atoms with Crippen LogP contribution in [-0.4, -0.2) is 34.2 Å². The lowest BCUT2D eigenvalue weighted by Gasteiger charge is -2.19. The highest BCUT2D eigenvalue weighted by atomic mass is 32.2. The van der Waals surface area contributed by atoms with Gasteiger partial charge in [-0.15, -0.1) is 0 Å². The van der Waals surface area contributed by atoms with Crippen molar-refractivity contribution in [1.29, 1.82) is 0 Å². The predicted octanol–water partition coefficient (Wildman–Crippen LogP) is 3.04. The third kappa shape index (κ3) is 4.30. The van der Waals surface area contributed by atoms with Gasteiger partial charge in [0, 0.05) is 12.6 Å². The molecule has 2 aromatic carbocycles. The number of amides is 1. The first-order valence-electron chi connectivity index (χ1n) is 7.81. The number of anilines is 2. The molecule has 0 unspecified atom stereocenters. The Bertz CT molecular complexity index is 878. The molecule has 0 atom stereocenters. The van der Waals surface area contributed by atoms with Crippen LogP contribution in [0.3, 0.4) is 0 Å². The molecule has 0 heterocycles. The van der Waals surface area contributed by atoms with Gasteiger partial charge in [-0.2, -0.15) is 0 Å². The van der Waals surface area contributed by atoms with Crippen LogP contribution in [0, 0.1) is 6.92 Å². The second-order valence-corrected chi connectivity index (χ2v) is 7.87. The third-order valence-corrected chi connectivity index (χ3v) is 5.63. The van der Waals surface area contributed by atoms with Crippen LogP contribution in [0.2, 0.25) is 0 Å². The minimum absolute atomic E-state index is 0.0135. The van der Waals surface area contributed by atoms with Crippen LogP contribution in [-0.2, 0) is 10.0 Å². The van der Waals surface area contributed by atoms with Gasteiger partial charge in [0.25, 0.3) is 5.91 Å². The summed E-state index contributed by atoms with van der Waals surface area (Å²) < 4.78 is 30.4.